The smallest absolute Gasteiger partial charge is 0.382 e. The Hall–Kier alpha value is -3.85. The van der Waals surface area contributed by atoms with Gasteiger partial charge in [-0.25, -0.2) is 9.48 Å². The molecule has 0 saturated heterocycles. The van der Waals surface area contributed by atoms with Gasteiger partial charge in [0.2, 0.25) is 11.8 Å². The lowest BCUT2D eigenvalue weighted by Gasteiger charge is -2.28. The molecule has 39 heavy (non-hydrogen) atoms. The van der Waals surface area contributed by atoms with Crippen LogP contribution in [0.4, 0.5) is 26.3 Å². The number of carbonyl (C=O) groups excluding carboxylic acids is 2. The first kappa shape index (κ1) is 29.7. The van der Waals surface area contributed by atoms with Crippen LogP contribution in [-0.2, 0) is 34.4 Å². The Morgan fingerprint density at radius 1 is 1.08 bits per heavy atom. The lowest BCUT2D eigenvalue weighted by atomic mass is 9.89. The van der Waals surface area contributed by atoms with Crippen LogP contribution in [0.5, 0.6) is 0 Å². The first-order valence-electron chi connectivity index (χ1n) is 10.9. The fraction of sp³-hybridized carbons (Fsp3) is 0.304. The first-order valence-corrected chi connectivity index (χ1v) is 11.3. The summed E-state index contributed by atoms with van der Waals surface area (Å²) >= 11 is 5.82. The van der Waals surface area contributed by atoms with Gasteiger partial charge in [0.15, 0.2) is 11.9 Å². The van der Waals surface area contributed by atoms with Crippen LogP contribution in [0.3, 0.4) is 0 Å². The molecule has 2 aromatic carbocycles. The summed E-state index contributed by atoms with van der Waals surface area (Å²) in [6, 6.07) is 8.89. The maximum atomic E-state index is 13.2. The van der Waals surface area contributed by atoms with Gasteiger partial charge >= 0.3 is 18.0 Å². The molecule has 16 heteroatoms. The van der Waals surface area contributed by atoms with Crippen LogP contribution in [0.25, 0.3) is 11.4 Å². The lowest BCUT2D eigenvalue weighted by Crippen LogP contribution is -2.54. The van der Waals surface area contributed by atoms with E-state index in [0.717, 1.165) is 25.1 Å². The van der Waals surface area contributed by atoms with Crippen LogP contribution in [0.1, 0.15) is 18.1 Å². The average molecular weight is 580 g/mol. The molecule has 0 saturated carbocycles. The monoisotopic (exact) mass is 579 g/mol. The van der Waals surface area contributed by atoms with Gasteiger partial charge in [0.1, 0.15) is 12.1 Å². The van der Waals surface area contributed by atoms with Gasteiger partial charge in [-0.2, -0.15) is 26.3 Å². The predicted octanol–water partition coefficient (Wildman–Crippen LogP) is 2.82. The van der Waals surface area contributed by atoms with Crippen molar-refractivity contribution in [1.29, 1.82) is 0 Å². The van der Waals surface area contributed by atoms with E-state index >= 15 is 0 Å². The Kier molecular flexibility index (Phi) is 8.17. The molecule has 9 nitrogen and oxygen atoms in total. The molecular weight excluding hydrogens is 560 g/mol. The fourth-order valence-electron chi connectivity index (χ4n) is 3.53. The van der Waals surface area contributed by atoms with Gasteiger partial charge in [-0.05, 0) is 48.9 Å². The number of aliphatic hydroxyl groups excluding tert-OH is 1. The van der Waals surface area contributed by atoms with Gasteiger partial charge in [0.25, 0.3) is 0 Å². The number of aromatic nitrogens is 3. The number of nitrogens with zero attached hydrogens (tertiary/aromatic N) is 3. The number of hydrogen-bond donors (Lipinski definition) is 3. The van der Waals surface area contributed by atoms with E-state index in [-0.39, 0.29) is 22.0 Å². The zero-order valence-corrected chi connectivity index (χ0v) is 20.6. The number of nitrogens with one attached hydrogen (secondary N) is 1. The molecule has 2 unspecified atom stereocenters. The van der Waals surface area contributed by atoms with E-state index in [0.29, 0.717) is 15.3 Å². The first-order chi connectivity index (χ1) is 17.9. The number of benzene rings is 2. The van der Waals surface area contributed by atoms with Gasteiger partial charge in [-0.15, -0.1) is 5.10 Å². The Labute approximate surface area is 220 Å². The van der Waals surface area contributed by atoms with Gasteiger partial charge in [-0.3, -0.25) is 14.2 Å². The quantitative estimate of drug-likeness (QED) is 0.353. The second-order valence-corrected chi connectivity index (χ2v) is 8.99. The highest BCUT2D eigenvalue weighted by atomic mass is 35.5. The average Bonchev–Trinajstić information content (AvgIpc) is 3.13. The van der Waals surface area contributed by atoms with Crippen molar-refractivity contribution in [3.63, 3.8) is 0 Å². The summed E-state index contributed by atoms with van der Waals surface area (Å²) in [6.45, 7) is -1.18. The van der Waals surface area contributed by atoms with Crippen LogP contribution >= 0.6 is 11.6 Å². The molecule has 210 valence electrons. The zero-order chi connectivity index (χ0) is 29.3. The molecule has 0 aliphatic rings. The Balaban J connectivity index is 1.98. The largest absolute Gasteiger partial charge is 0.416 e. The minimum atomic E-state index is -5.08. The second kappa shape index (κ2) is 10.7. The van der Waals surface area contributed by atoms with Crippen molar-refractivity contribution < 1.29 is 41.0 Å². The molecule has 0 spiro atoms. The molecule has 2 amide bonds. The van der Waals surface area contributed by atoms with Crippen LogP contribution in [-0.4, -0.2) is 43.5 Å². The highest BCUT2D eigenvalue weighted by Gasteiger charge is 2.40. The Morgan fingerprint density at radius 3 is 2.21 bits per heavy atom. The summed E-state index contributed by atoms with van der Waals surface area (Å²) in [5, 5.41) is 15.9. The van der Waals surface area contributed by atoms with Crippen molar-refractivity contribution in [2.75, 3.05) is 0 Å². The number of hydrogen-bond acceptors (Lipinski definition) is 5. The number of rotatable bonds is 8. The number of nitrogens with two attached hydrogens (primary N) is 1. The zero-order valence-electron chi connectivity index (χ0n) is 19.8. The van der Waals surface area contributed by atoms with Crippen molar-refractivity contribution in [2.24, 2.45) is 5.73 Å². The van der Waals surface area contributed by atoms with E-state index in [4.69, 9.17) is 17.3 Å². The molecule has 1 aromatic heterocycles. The number of alkyl halides is 6. The summed E-state index contributed by atoms with van der Waals surface area (Å²) in [5.74, 6) is -2.70. The van der Waals surface area contributed by atoms with E-state index in [9.17, 15) is 45.8 Å². The SMILES string of the molecule is CC(NC(=O)Cn1nc(-c2ccc(Cl)cc2)n(CC(O)C(F)(F)F)c1=O)(C(N)=O)c1cccc(C(F)(F)F)c1. The van der Waals surface area contributed by atoms with Crippen LogP contribution in [0.15, 0.2) is 53.3 Å². The maximum absolute atomic E-state index is 13.2. The summed E-state index contributed by atoms with van der Waals surface area (Å²) < 4.78 is 79.5. The van der Waals surface area contributed by atoms with E-state index in [1.807, 2.05) is 0 Å². The molecule has 2 atom stereocenters. The van der Waals surface area contributed by atoms with E-state index in [1.54, 1.807) is 0 Å². The van der Waals surface area contributed by atoms with Crippen LogP contribution in [0.2, 0.25) is 5.02 Å². The van der Waals surface area contributed by atoms with Crippen LogP contribution < -0.4 is 16.7 Å². The minimum absolute atomic E-state index is 0.121. The van der Waals surface area contributed by atoms with Gasteiger partial charge in [0, 0.05) is 10.6 Å². The van der Waals surface area contributed by atoms with Crippen molar-refractivity contribution in [3.05, 3.63) is 75.2 Å². The standard InChI is InChI=1S/C23H20ClF6N5O4/c1-21(19(31)38,13-3-2-4-14(9-13)22(25,26)27)32-17(37)11-35-20(39)34(10-16(36)23(28,29)30)18(33-35)12-5-7-15(24)8-6-12/h2-9,16,36H,10-11H2,1H3,(H2,31,38)(H,32,37). The third-order valence-electron chi connectivity index (χ3n) is 5.70. The van der Waals surface area contributed by atoms with Crippen LogP contribution in [0, 0.1) is 0 Å². The minimum Gasteiger partial charge on any atom is -0.382 e. The normalized spacial score (nSPS) is 14.5. The molecule has 0 aliphatic carbocycles. The lowest BCUT2D eigenvalue weighted by molar-refractivity contribution is -0.207. The molecule has 0 radical (unpaired) electrons. The van der Waals surface area contributed by atoms with E-state index < -0.39 is 60.2 Å². The summed E-state index contributed by atoms with van der Waals surface area (Å²) in [5.41, 5.74) is 0.672. The molecular formula is C23H20ClF6N5O4. The number of carbonyl (C=O) groups is 2. The van der Waals surface area contributed by atoms with E-state index in [1.165, 1.54) is 24.3 Å². The highest BCUT2D eigenvalue weighted by Crippen LogP contribution is 2.32. The molecule has 0 bridgehead atoms. The van der Waals surface area contributed by atoms with Gasteiger partial charge in [-0.1, -0.05) is 23.7 Å². The molecule has 0 fully saturated rings. The summed E-state index contributed by atoms with van der Waals surface area (Å²) in [7, 11) is 0. The number of aliphatic hydroxyl groups is 1. The number of primary amides is 1. The van der Waals surface area contributed by atoms with E-state index in [2.05, 4.69) is 10.4 Å². The number of amides is 2. The van der Waals surface area contributed by atoms with Gasteiger partial charge in [0.05, 0.1) is 12.1 Å². The third-order valence-corrected chi connectivity index (χ3v) is 5.95. The summed E-state index contributed by atoms with van der Waals surface area (Å²) in [4.78, 5) is 38.0. The second-order valence-electron chi connectivity index (χ2n) is 8.55. The van der Waals surface area contributed by atoms with Gasteiger partial charge < -0.3 is 16.2 Å². The molecule has 3 rings (SSSR count). The Morgan fingerprint density at radius 2 is 1.67 bits per heavy atom. The van der Waals surface area contributed by atoms with Crippen molar-refractivity contribution in [1.82, 2.24) is 19.7 Å². The molecule has 4 N–H and O–H groups in total. The summed E-state index contributed by atoms with van der Waals surface area (Å²) in [6.07, 6.45) is -12.8. The third kappa shape index (κ3) is 6.60. The molecule has 1 heterocycles. The maximum Gasteiger partial charge on any atom is 0.416 e. The Bertz CT molecular complexity index is 1430. The highest BCUT2D eigenvalue weighted by molar-refractivity contribution is 6.30. The number of halogens is 7. The molecule has 3 aromatic rings. The predicted molar refractivity (Wildman–Crippen MR) is 125 cm³/mol. The fourth-order valence-corrected chi connectivity index (χ4v) is 3.66. The van der Waals surface area contributed by atoms with Crippen molar-refractivity contribution in [3.8, 4) is 11.4 Å². The molecule has 0 aliphatic heterocycles. The van der Waals surface area contributed by atoms with Crippen molar-refractivity contribution >= 4 is 23.4 Å². The topological polar surface area (TPSA) is 132 Å². The van der Waals surface area contributed by atoms with Crippen molar-refractivity contribution in [2.45, 2.75) is 44.0 Å².